The molecule has 11 heteroatoms. The van der Waals surface area contributed by atoms with Crippen LogP contribution in [0.3, 0.4) is 0 Å². The summed E-state index contributed by atoms with van der Waals surface area (Å²) in [5.74, 6) is -1.85. The highest BCUT2D eigenvalue weighted by Gasteiger charge is 2.54. The molecule has 188 valence electrons. The first-order chi connectivity index (χ1) is 16.1. The van der Waals surface area contributed by atoms with Crippen molar-refractivity contribution in [2.24, 2.45) is 11.8 Å². The molecule has 1 aromatic carbocycles. The van der Waals surface area contributed by atoms with Gasteiger partial charge in [-0.2, -0.15) is 0 Å². The molecule has 35 heavy (non-hydrogen) atoms. The van der Waals surface area contributed by atoms with Gasteiger partial charge in [-0.3, -0.25) is 14.6 Å². The predicted octanol–water partition coefficient (Wildman–Crippen LogP) is 2.71. The van der Waals surface area contributed by atoms with Gasteiger partial charge >= 0.3 is 0 Å². The summed E-state index contributed by atoms with van der Waals surface area (Å²) in [6, 6.07) is 9.04. The molecule has 3 heterocycles. The van der Waals surface area contributed by atoms with Crippen molar-refractivity contribution in [3.8, 4) is 0 Å². The highest BCUT2D eigenvalue weighted by Crippen LogP contribution is 2.41. The summed E-state index contributed by atoms with van der Waals surface area (Å²) in [7, 11) is -3.78. The van der Waals surface area contributed by atoms with E-state index in [4.69, 9.17) is 0 Å². The van der Waals surface area contributed by atoms with Gasteiger partial charge in [0.2, 0.25) is 15.9 Å². The second-order valence-electron chi connectivity index (χ2n) is 8.94. The fourth-order valence-corrected chi connectivity index (χ4v) is 5.55. The molecule has 1 saturated heterocycles. The molecular formula is C24H28ClFN4O4S. The third-order valence-electron chi connectivity index (χ3n) is 6.13. The van der Waals surface area contributed by atoms with E-state index in [1.165, 1.54) is 18.3 Å². The maximum Gasteiger partial charge on any atom is 0.256 e. The molecule has 0 spiro atoms. The number of fused-ring (bicyclic) bond motifs is 1. The van der Waals surface area contributed by atoms with Gasteiger partial charge in [0.05, 0.1) is 35.2 Å². The molecule has 2 amide bonds. The Kier molecular flexibility index (Phi) is 7.98. The normalized spacial score (nSPS) is 19.6. The quantitative estimate of drug-likeness (QED) is 0.600. The fraction of sp³-hybridized carbons (Fsp3) is 0.375. The van der Waals surface area contributed by atoms with Gasteiger partial charge in [0.25, 0.3) is 5.91 Å². The number of halogens is 2. The second kappa shape index (κ2) is 10.4. The number of carbonyl (C=O) groups is 2. The van der Waals surface area contributed by atoms with Crippen LogP contribution in [0.2, 0.25) is 0 Å². The van der Waals surface area contributed by atoms with Gasteiger partial charge < -0.3 is 10.2 Å². The number of benzene rings is 1. The monoisotopic (exact) mass is 522 g/mol. The third kappa shape index (κ3) is 5.39. The molecule has 1 fully saturated rings. The molecule has 1 aromatic heterocycles. The highest BCUT2D eigenvalue weighted by atomic mass is 35.5. The Morgan fingerprint density at radius 1 is 1.17 bits per heavy atom. The van der Waals surface area contributed by atoms with Crippen molar-refractivity contribution < 1.29 is 22.4 Å². The van der Waals surface area contributed by atoms with E-state index < -0.39 is 27.9 Å². The number of nitrogens with one attached hydrogen (secondary N) is 1. The minimum Gasteiger partial charge on any atom is -0.325 e. The number of sulfonamides is 1. The number of hydrogen-bond donors (Lipinski definition) is 1. The fourth-order valence-electron chi connectivity index (χ4n) is 4.54. The van der Waals surface area contributed by atoms with Crippen molar-refractivity contribution in [2.75, 3.05) is 12.8 Å². The number of carbonyl (C=O) groups excluding carboxylic acids is 2. The SMILES string of the molecule is CC(C)[C@H]1C(=O)N(S(C)(=O)=O)C2=CCN(C(=O)c3ccc(CNCc4ccc(F)cc4)nc3)[C@@H]21.Cl. The number of pyridine rings is 1. The van der Waals surface area contributed by atoms with E-state index in [0.717, 1.165) is 21.8 Å². The van der Waals surface area contributed by atoms with E-state index in [2.05, 4.69) is 10.3 Å². The molecule has 0 radical (unpaired) electrons. The lowest BCUT2D eigenvalue weighted by Crippen LogP contribution is -2.43. The number of nitrogens with zero attached hydrogens (tertiary/aromatic N) is 3. The molecular weight excluding hydrogens is 495 g/mol. The van der Waals surface area contributed by atoms with Gasteiger partial charge in [0.15, 0.2) is 0 Å². The lowest BCUT2D eigenvalue weighted by molar-refractivity contribution is -0.128. The highest BCUT2D eigenvalue weighted by molar-refractivity contribution is 7.89. The van der Waals surface area contributed by atoms with Crippen LogP contribution < -0.4 is 5.32 Å². The molecule has 0 saturated carbocycles. The lowest BCUT2D eigenvalue weighted by Gasteiger charge is -2.28. The van der Waals surface area contributed by atoms with Gasteiger partial charge in [0, 0.05) is 25.8 Å². The van der Waals surface area contributed by atoms with E-state index in [-0.39, 0.29) is 36.6 Å². The van der Waals surface area contributed by atoms with Crippen LogP contribution in [0.1, 0.15) is 35.5 Å². The zero-order chi connectivity index (χ0) is 24.6. The van der Waals surface area contributed by atoms with Crippen molar-refractivity contribution in [2.45, 2.75) is 33.0 Å². The van der Waals surface area contributed by atoms with E-state index in [9.17, 15) is 22.4 Å². The zero-order valence-electron chi connectivity index (χ0n) is 19.6. The standard InChI is InChI=1S/C24H27FN4O4S.ClH/c1-15(2)21-22-20(29(24(21)31)34(3,32)33)10-11-28(22)23(30)17-6-9-19(27-13-17)14-26-12-16-4-7-18(25)8-5-16;/h4-10,13,15,21-22,26H,11-12,14H2,1-3H3;1H/t21-,22+;/m1./s1. The van der Waals surface area contributed by atoms with E-state index in [0.29, 0.717) is 24.4 Å². The molecule has 4 rings (SSSR count). The Labute approximate surface area is 210 Å². The summed E-state index contributed by atoms with van der Waals surface area (Å²) in [4.78, 5) is 32.1. The van der Waals surface area contributed by atoms with Gasteiger partial charge in [-0.15, -0.1) is 12.4 Å². The van der Waals surface area contributed by atoms with Gasteiger partial charge in [-0.05, 0) is 41.8 Å². The summed E-state index contributed by atoms with van der Waals surface area (Å²) in [6.07, 6.45) is 4.14. The van der Waals surface area contributed by atoms with Crippen LogP contribution in [0.5, 0.6) is 0 Å². The van der Waals surface area contributed by atoms with Gasteiger partial charge in [-0.25, -0.2) is 17.1 Å². The number of rotatable bonds is 7. The Balaban J connectivity index is 0.00000342. The maximum atomic E-state index is 13.3. The zero-order valence-corrected chi connectivity index (χ0v) is 21.3. The smallest absolute Gasteiger partial charge is 0.256 e. The topological polar surface area (TPSA) is 99.7 Å². The van der Waals surface area contributed by atoms with Gasteiger partial charge in [0.1, 0.15) is 5.82 Å². The average Bonchev–Trinajstić information content (AvgIpc) is 3.31. The van der Waals surface area contributed by atoms with Crippen molar-refractivity contribution in [3.63, 3.8) is 0 Å². The first-order valence-electron chi connectivity index (χ1n) is 11.0. The Morgan fingerprint density at radius 3 is 2.43 bits per heavy atom. The van der Waals surface area contributed by atoms with E-state index in [1.807, 2.05) is 13.8 Å². The predicted molar refractivity (Wildman–Crippen MR) is 131 cm³/mol. The first-order valence-corrected chi connectivity index (χ1v) is 12.9. The molecule has 8 nitrogen and oxygen atoms in total. The summed E-state index contributed by atoms with van der Waals surface area (Å²) < 4.78 is 38.4. The number of hydrogen-bond acceptors (Lipinski definition) is 6. The van der Waals surface area contributed by atoms with Crippen LogP contribution in [0.25, 0.3) is 0 Å². The maximum absolute atomic E-state index is 13.3. The largest absolute Gasteiger partial charge is 0.325 e. The molecule has 0 unspecified atom stereocenters. The summed E-state index contributed by atoms with van der Waals surface area (Å²) in [5.41, 5.74) is 2.40. The Hall–Kier alpha value is -2.82. The molecule has 2 aliphatic rings. The van der Waals surface area contributed by atoms with Crippen molar-refractivity contribution in [3.05, 3.63) is 77.0 Å². The average molecular weight is 523 g/mol. The first kappa shape index (κ1) is 26.8. The Morgan fingerprint density at radius 2 is 1.86 bits per heavy atom. The van der Waals surface area contributed by atoms with Crippen LogP contribution in [0.15, 0.2) is 54.4 Å². The molecule has 2 atom stereocenters. The Bertz CT molecular complexity index is 1230. The second-order valence-corrected chi connectivity index (χ2v) is 10.8. The van der Waals surface area contributed by atoms with Gasteiger partial charge in [-0.1, -0.05) is 26.0 Å². The molecule has 0 aliphatic carbocycles. The van der Waals surface area contributed by atoms with Crippen LogP contribution in [-0.4, -0.2) is 53.3 Å². The van der Waals surface area contributed by atoms with E-state index in [1.54, 1.807) is 35.2 Å². The van der Waals surface area contributed by atoms with Crippen molar-refractivity contribution in [1.82, 2.24) is 19.5 Å². The lowest BCUT2D eigenvalue weighted by atomic mass is 9.89. The summed E-state index contributed by atoms with van der Waals surface area (Å²) >= 11 is 0. The third-order valence-corrected chi connectivity index (χ3v) is 7.18. The van der Waals surface area contributed by atoms with E-state index >= 15 is 0 Å². The number of amides is 2. The molecule has 2 aromatic rings. The molecule has 2 aliphatic heterocycles. The molecule has 0 bridgehead atoms. The minimum absolute atomic E-state index is 0. The van der Waals surface area contributed by atoms with Crippen LogP contribution in [-0.2, 0) is 27.9 Å². The number of aromatic nitrogens is 1. The van der Waals surface area contributed by atoms with Crippen molar-refractivity contribution in [1.29, 1.82) is 0 Å². The van der Waals surface area contributed by atoms with Crippen LogP contribution >= 0.6 is 12.4 Å². The molecule has 1 N–H and O–H groups in total. The minimum atomic E-state index is -3.78. The van der Waals surface area contributed by atoms with Crippen LogP contribution in [0.4, 0.5) is 4.39 Å². The van der Waals surface area contributed by atoms with Crippen molar-refractivity contribution >= 4 is 34.2 Å². The summed E-state index contributed by atoms with van der Waals surface area (Å²) in [5, 5.41) is 3.23. The summed E-state index contributed by atoms with van der Waals surface area (Å²) in [6.45, 7) is 4.94. The van der Waals surface area contributed by atoms with Crippen LogP contribution in [0, 0.1) is 17.7 Å².